The highest BCUT2D eigenvalue weighted by atomic mass is 19.3. The van der Waals surface area contributed by atoms with Gasteiger partial charge in [-0.25, -0.2) is 8.78 Å². The van der Waals surface area contributed by atoms with Crippen molar-refractivity contribution in [3.8, 4) is 11.5 Å². The van der Waals surface area contributed by atoms with Crippen LogP contribution in [0, 0.1) is 23.7 Å². The fourth-order valence-corrected chi connectivity index (χ4v) is 7.27. The number of aliphatic hydroxyl groups is 1. The van der Waals surface area contributed by atoms with Gasteiger partial charge in [-0.1, -0.05) is 0 Å². The molecule has 1 saturated heterocycles. The topological polar surface area (TPSA) is 168 Å². The van der Waals surface area contributed by atoms with E-state index in [0.717, 1.165) is 0 Å². The summed E-state index contributed by atoms with van der Waals surface area (Å²) in [6.45, 7) is -0.303. The van der Waals surface area contributed by atoms with E-state index < -0.39 is 82.6 Å². The molecule has 2 saturated carbocycles. The van der Waals surface area contributed by atoms with Gasteiger partial charge < -0.3 is 20.7 Å². The molecule has 0 spiro atoms. The Hall–Kier alpha value is -3.29. The number of phenols is 1. The molecule has 1 aliphatic heterocycles. The van der Waals surface area contributed by atoms with Crippen LogP contribution in [-0.2, 0) is 32.1 Å². The molecule has 11 nitrogen and oxygen atoms in total. The second-order valence-electron chi connectivity index (χ2n) is 11.5. The molecule has 1 heterocycles. The van der Waals surface area contributed by atoms with Gasteiger partial charge in [0.1, 0.15) is 11.5 Å². The molecule has 3 aliphatic carbocycles. The molecule has 0 bridgehead atoms. The largest absolute Gasteiger partial charge is 0.507 e. The number of likely N-dealkylation sites (N-methyl/N-ethyl adjacent to an activating group) is 1. The van der Waals surface area contributed by atoms with E-state index in [0.29, 0.717) is 5.56 Å². The zero-order valence-electron chi connectivity index (χ0n) is 22.3. The Balaban J connectivity index is 1.58. The molecule has 216 valence electrons. The minimum atomic E-state index is -2.84. The molecule has 5 rings (SSSR count). The number of hydrogen-bond acceptors (Lipinski definition) is 10. The van der Waals surface area contributed by atoms with Gasteiger partial charge in [-0.2, -0.15) is 0 Å². The number of benzene rings is 1. The maximum atomic E-state index is 13.8. The van der Waals surface area contributed by atoms with Crippen LogP contribution in [0.1, 0.15) is 34.3 Å². The van der Waals surface area contributed by atoms with E-state index in [1.807, 2.05) is 0 Å². The molecule has 0 radical (unpaired) electrons. The summed E-state index contributed by atoms with van der Waals surface area (Å²) in [5.74, 6) is -14.1. The van der Waals surface area contributed by atoms with E-state index in [-0.39, 0.29) is 49.2 Å². The number of amides is 1. The lowest BCUT2D eigenvalue weighted by Crippen LogP contribution is -2.74. The van der Waals surface area contributed by atoms with Crippen LogP contribution < -0.4 is 10.5 Å². The number of aromatic hydroxyl groups is 1. The van der Waals surface area contributed by atoms with Crippen molar-refractivity contribution in [2.24, 2.45) is 29.4 Å². The van der Waals surface area contributed by atoms with Crippen LogP contribution in [0.4, 0.5) is 8.78 Å². The molecule has 4 N–H and O–H groups in total. The summed E-state index contributed by atoms with van der Waals surface area (Å²) in [6, 6.07) is 0.0346. The molecule has 1 aromatic rings. The Labute approximate surface area is 228 Å². The summed E-state index contributed by atoms with van der Waals surface area (Å²) >= 11 is 0. The number of nitrogens with two attached hydrogens (primary N) is 1. The minimum Gasteiger partial charge on any atom is -0.507 e. The number of rotatable bonds is 5. The van der Waals surface area contributed by atoms with Crippen molar-refractivity contribution in [3.63, 3.8) is 0 Å². The van der Waals surface area contributed by atoms with E-state index in [1.54, 1.807) is 0 Å². The van der Waals surface area contributed by atoms with E-state index in [1.165, 1.54) is 37.1 Å². The first-order chi connectivity index (χ1) is 18.6. The zero-order valence-corrected chi connectivity index (χ0v) is 22.3. The Bertz CT molecular complexity index is 1350. The minimum absolute atomic E-state index is 0.0204. The number of primary amides is 1. The van der Waals surface area contributed by atoms with Crippen molar-refractivity contribution in [2.75, 3.05) is 34.3 Å². The van der Waals surface area contributed by atoms with Crippen LogP contribution >= 0.6 is 0 Å². The lowest BCUT2D eigenvalue weighted by Gasteiger charge is -2.52. The Kier molecular flexibility index (Phi) is 6.63. The highest BCUT2D eigenvalue weighted by molar-refractivity contribution is 6.32. The summed E-state index contributed by atoms with van der Waals surface area (Å²) in [4.78, 5) is 69.1. The molecular weight excluding hydrogens is 532 g/mol. The maximum absolute atomic E-state index is 13.8. The molecule has 0 aromatic heterocycles. The van der Waals surface area contributed by atoms with Crippen molar-refractivity contribution in [3.05, 3.63) is 22.8 Å². The lowest BCUT2D eigenvalue weighted by molar-refractivity contribution is -0.181. The predicted molar refractivity (Wildman–Crippen MR) is 133 cm³/mol. The molecule has 40 heavy (non-hydrogen) atoms. The third kappa shape index (κ3) is 3.97. The summed E-state index contributed by atoms with van der Waals surface area (Å²) in [6.07, 6.45) is -0.384. The average molecular weight is 564 g/mol. The summed E-state index contributed by atoms with van der Waals surface area (Å²) in [5, 5.41) is 22.5. The van der Waals surface area contributed by atoms with Gasteiger partial charge >= 0.3 is 0 Å². The van der Waals surface area contributed by atoms with Crippen molar-refractivity contribution in [1.29, 1.82) is 0 Å². The molecule has 2 unspecified atom stereocenters. The number of ether oxygens (including phenoxy) is 1. The maximum Gasteiger partial charge on any atom is 0.261 e. The summed E-state index contributed by atoms with van der Waals surface area (Å²) in [5.41, 5.74) is 2.98. The number of fused-ring (bicyclic) bond motifs is 3. The monoisotopic (exact) mass is 563 g/mol. The first-order valence-electron chi connectivity index (χ1n) is 13.0. The number of nitrogens with zero attached hydrogens (tertiary/aromatic N) is 2. The summed E-state index contributed by atoms with van der Waals surface area (Å²) < 4.78 is 33.2. The zero-order chi connectivity index (χ0) is 29.5. The average Bonchev–Trinajstić information content (AvgIpc) is 3.18. The second-order valence-corrected chi connectivity index (χ2v) is 11.5. The molecule has 1 aromatic carbocycles. The number of phenolic OH excluding ortho intramolecular Hbond substituents is 1. The number of Topliss-reactive ketones (excluding diaryl/α,β-unsaturated/α-hetero) is 4. The van der Waals surface area contributed by atoms with Crippen LogP contribution in [0.25, 0.3) is 0 Å². The third-order valence-electron chi connectivity index (χ3n) is 8.94. The first kappa shape index (κ1) is 28.2. The number of carbonyl (C=O) groups excluding carboxylic acids is 5. The second kappa shape index (κ2) is 9.38. The molecule has 1 amide bonds. The first-order valence-corrected chi connectivity index (χ1v) is 13.0. The SMILES string of the molecule is COc1c(CN2CCC(F)(F)C2)cc(O)c2c1C[C@H]1C[C@H]3[C@H](N(C)C)C(=O)C(C(N)=O)C(=O)[C@@]3(O)C(=O)C1C2=O. The Morgan fingerprint density at radius 2 is 1.90 bits per heavy atom. The fraction of sp³-hybridized carbons (Fsp3) is 0.593. The molecule has 13 heteroatoms. The van der Waals surface area contributed by atoms with Gasteiger partial charge in [0, 0.05) is 36.6 Å². The van der Waals surface area contributed by atoms with Crippen molar-refractivity contribution in [2.45, 2.75) is 43.4 Å². The van der Waals surface area contributed by atoms with Gasteiger partial charge in [-0.3, -0.25) is 33.8 Å². The number of alkyl halides is 2. The quantitative estimate of drug-likeness (QED) is 0.405. The third-order valence-corrected chi connectivity index (χ3v) is 8.94. The van der Waals surface area contributed by atoms with Gasteiger partial charge in [0.05, 0.1) is 31.2 Å². The molecule has 3 fully saturated rings. The van der Waals surface area contributed by atoms with Crippen LogP contribution in [-0.4, -0.2) is 101 Å². The predicted octanol–water partition coefficient (Wildman–Crippen LogP) is -0.283. The number of methoxy groups -OCH3 is 1. The van der Waals surface area contributed by atoms with Gasteiger partial charge in [0.15, 0.2) is 34.7 Å². The number of halogens is 2. The van der Waals surface area contributed by atoms with Crippen LogP contribution in [0.2, 0.25) is 0 Å². The highest BCUT2D eigenvalue weighted by Gasteiger charge is 2.69. The van der Waals surface area contributed by atoms with Crippen LogP contribution in [0.3, 0.4) is 0 Å². The molecule has 4 aliphatic rings. The van der Waals surface area contributed by atoms with Crippen LogP contribution in [0.15, 0.2) is 6.07 Å². The van der Waals surface area contributed by atoms with Gasteiger partial charge in [-0.15, -0.1) is 0 Å². The fourth-order valence-electron chi connectivity index (χ4n) is 7.27. The number of hydrogen-bond donors (Lipinski definition) is 3. The van der Waals surface area contributed by atoms with Gasteiger partial charge in [0.2, 0.25) is 5.91 Å². The van der Waals surface area contributed by atoms with Gasteiger partial charge in [-0.05, 0) is 38.9 Å². The highest BCUT2D eigenvalue weighted by Crippen LogP contribution is 2.52. The number of likely N-dealkylation sites (tertiary alicyclic amines) is 1. The van der Waals surface area contributed by atoms with E-state index in [4.69, 9.17) is 10.5 Å². The van der Waals surface area contributed by atoms with Crippen LogP contribution in [0.5, 0.6) is 11.5 Å². The smallest absolute Gasteiger partial charge is 0.261 e. The van der Waals surface area contributed by atoms with Crippen molar-refractivity contribution in [1.82, 2.24) is 9.80 Å². The standard InChI is InChI=1S/C27H31F2N3O8/c1-31(2)19-14-7-11-6-13-17(15(33)8-12(22(13)40-3)9-32-5-4-26(28,29)10-32)20(34)16(11)23(36)27(14,39)24(37)18(21(19)35)25(30)38/h8,11,14,16,18-19,33,39H,4-7,9-10H2,1-3H3,(H2,30,38)/t11-,14-,16?,18?,19-,27-/m0/s1. The Morgan fingerprint density at radius 3 is 2.45 bits per heavy atom. The Morgan fingerprint density at radius 1 is 1.23 bits per heavy atom. The van der Waals surface area contributed by atoms with Gasteiger partial charge in [0.25, 0.3) is 5.92 Å². The number of ketones is 4. The van der Waals surface area contributed by atoms with Crippen molar-refractivity contribution < 1.29 is 47.7 Å². The number of carbonyl (C=O) groups is 5. The normalized spacial score (nSPS) is 33.5. The van der Waals surface area contributed by atoms with E-state index in [2.05, 4.69) is 0 Å². The van der Waals surface area contributed by atoms with E-state index >= 15 is 0 Å². The lowest BCUT2D eigenvalue weighted by atomic mass is 9.52. The molecular formula is C27H31F2N3O8. The van der Waals surface area contributed by atoms with E-state index in [9.17, 15) is 43.0 Å². The molecule has 6 atom stereocenters. The summed E-state index contributed by atoms with van der Waals surface area (Å²) in [7, 11) is 4.36. The van der Waals surface area contributed by atoms with Crippen molar-refractivity contribution >= 4 is 29.0 Å².